The molecule has 3 aromatic rings. The molecular weight excluding hydrogens is 545 g/mol. The summed E-state index contributed by atoms with van der Waals surface area (Å²) in [5, 5.41) is 2.90. The lowest BCUT2D eigenvalue weighted by Crippen LogP contribution is -2.55. The third kappa shape index (κ3) is 8.78. The van der Waals surface area contributed by atoms with Crippen LogP contribution in [0.2, 0.25) is 0 Å². The van der Waals surface area contributed by atoms with Crippen LogP contribution in [0.4, 0.5) is 10.1 Å². The van der Waals surface area contributed by atoms with E-state index < -0.39 is 39.9 Å². The van der Waals surface area contributed by atoms with E-state index in [1.54, 1.807) is 31.2 Å². The van der Waals surface area contributed by atoms with Gasteiger partial charge in [0, 0.05) is 12.1 Å². The van der Waals surface area contributed by atoms with Gasteiger partial charge in [0.15, 0.2) is 0 Å². The van der Waals surface area contributed by atoms with Gasteiger partial charge < -0.3 is 15.0 Å². The van der Waals surface area contributed by atoms with Gasteiger partial charge in [0.2, 0.25) is 11.8 Å². The van der Waals surface area contributed by atoms with Crippen molar-refractivity contribution in [2.45, 2.75) is 57.5 Å². The Bertz CT molecular complexity index is 1410. The van der Waals surface area contributed by atoms with E-state index in [1.807, 2.05) is 58.0 Å². The van der Waals surface area contributed by atoms with E-state index in [-0.39, 0.29) is 23.0 Å². The average Bonchev–Trinajstić information content (AvgIpc) is 2.92. The number of nitrogens with zero attached hydrogens (tertiary/aromatic N) is 2. The molecule has 0 aliphatic carbocycles. The minimum absolute atomic E-state index is 0.171. The van der Waals surface area contributed by atoms with Crippen LogP contribution in [0.1, 0.15) is 40.2 Å². The van der Waals surface area contributed by atoms with Gasteiger partial charge in [-0.05, 0) is 95.1 Å². The third-order valence-corrected chi connectivity index (χ3v) is 8.05. The monoisotopic (exact) mass is 583 g/mol. The zero-order valence-corrected chi connectivity index (χ0v) is 24.9. The average molecular weight is 584 g/mol. The van der Waals surface area contributed by atoms with E-state index in [0.29, 0.717) is 18.8 Å². The van der Waals surface area contributed by atoms with Crippen LogP contribution in [0, 0.1) is 5.82 Å². The summed E-state index contributed by atoms with van der Waals surface area (Å²) < 4.78 is 47.7. The van der Waals surface area contributed by atoms with Crippen LogP contribution >= 0.6 is 0 Å². The third-order valence-electron chi connectivity index (χ3n) is 6.27. The Morgan fingerprint density at radius 1 is 0.951 bits per heavy atom. The molecule has 1 unspecified atom stereocenters. The van der Waals surface area contributed by atoms with Crippen LogP contribution in [-0.2, 0) is 26.0 Å². The van der Waals surface area contributed by atoms with Crippen molar-refractivity contribution in [3.05, 3.63) is 90.2 Å². The van der Waals surface area contributed by atoms with Gasteiger partial charge in [-0.15, -0.1) is 0 Å². The maximum Gasteiger partial charge on any atom is 0.264 e. The summed E-state index contributed by atoms with van der Waals surface area (Å²) in [4.78, 5) is 28.3. The number of carbonyl (C=O) groups is 2. The number of ether oxygens (including phenoxy) is 1. The van der Waals surface area contributed by atoms with Crippen LogP contribution in [0.25, 0.3) is 0 Å². The predicted molar refractivity (Wildman–Crippen MR) is 158 cm³/mol. The molecule has 8 nitrogen and oxygen atoms in total. The summed E-state index contributed by atoms with van der Waals surface area (Å²) in [6.45, 7) is 9.04. The van der Waals surface area contributed by atoms with Gasteiger partial charge >= 0.3 is 0 Å². The summed E-state index contributed by atoms with van der Waals surface area (Å²) in [6, 6.07) is 19.4. The molecule has 0 saturated carbocycles. The number of hydrogen-bond donors (Lipinski definition) is 1. The van der Waals surface area contributed by atoms with E-state index in [2.05, 4.69) is 5.32 Å². The molecule has 0 heterocycles. The predicted octanol–water partition coefficient (Wildman–Crippen LogP) is 4.79. The largest absolute Gasteiger partial charge is 0.494 e. The summed E-state index contributed by atoms with van der Waals surface area (Å²) in [5.41, 5.74) is 0.664. The first-order valence-corrected chi connectivity index (χ1v) is 14.9. The molecular formula is C31H38FN3O5S. The van der Waals surface area contributed by atoms with Crippen molar-refractivity contribution in [1.82, 2.24) is 10.2 Å². The molecule has 0 spiro atoms. The highest BCUT2D eigenvalue weighted by molar-refractivity contribution is 7.92. The molecule has 3 aromatic carbocycles. The van der Waals surface area contributed by atoms with Crippen LogP contribution < -0.4 is 14.4 Å². The SMILES string of the molecule is CCOc1ccc(N(CC(=O)N(CCc2ccccc2)C(C)C(=O)NC(C)(C)C)S(=O)(=O)c2ccc(F)cc2)cc1. The first-order chi connectivity index (χ1) is 19.3. The molecule has 10 heteroatoms. The number of amides is 2. The number of sulfonamides is 1. The number of benzene rings is 3. The molecule has 1 atom stereocenters. The molecule has 1 N–H and O–H groups in total. The number of anilines is 1. The molecule has 0 saturated heterocycles. The summed E-state index contributed by atoms with van der Waals surface area (Å²) in [7, 11) is -4.29. The lowest BCUT2D eigenvalue weighted by atomic mass is 10.1. The number of rotatable bonds is 12. The first kappa shape index (κ1) is 31.6. The lowest BCUT2D eigenvalue weighted by Gasteiger charge is -2.33. The van der Waals surface area contributed by atoms with Crippen LogP contribution in [0.15, 0.2) is 83.8 Å². The van der Waals surface area contributed by atoms with E-state index >= 15 is 0 Å². The van der Waals surface area contributed by atoms with E-state index in [1.165, 1.54) is 4.90 Å². The molecule has 0 bridgehead atoms. The Morgan fingerprint density at radius 3 is 2.12 bits per heavy atom. The van der Waals surface area contributed by atoms with Crippen LogP contribution in [0.3, 0.4) is 0 Å². The van der Waals surface area contributed by atoms with Gasteiger partial charge in [-0.2, -0.15) is 0 Å². The fraction of sp³-hybridized carbons (Fsp3) is 0.355. The smallest absolute Gasteiger partial charge is 0.264 e. The molecule has 41 heavy (non-hydrogen) atoms. The van der Waals surface area contributed by atoms with Crippen molar-refractivity contribution in [2.24, 2.45) is 0 Å². The lowest BCUT2D eigenvalue weighted by molar-refractivity contribution is -0.139. The highest BCUT2D eigenvalue weighted by atomic mass is 32.2. The molecule has 220 valence electrons. The summed E-state index contributed by atoms with van der Waals surface area (Å²) in [5.74, 6) is -0.956. The topological polar surface area (TPSA) is 96.0 Å². The van der Waals surface area contributed by atoms with Crippen LogP contribution in [0.5, 0.6) is 5.75 Å². The van der Waals surface area contributed by atoms with Crippen molar-refractivity contribution in [3.8, 4) is 5.75 Å². The zero-order valence-electron chi connectivity index (χ0n) is 24.1. The Morgan fingerprint density at radius 2 is 1.56 bits per heavy atom. The van der Waals surface area contributed by atoms with E-state index in [0.717, 1.165) is 34.1 Å². The second-order valence-electron chi connectivity index (χ2n) is 10.6. The second kappa shape index (κ2) is 13.6. The maximum absolute atomic E-state index is 13.9. The summed E-state index contributed by atoms with van der Waals surface area (Å²) >= 11 is 0. The number of nitrogens with one attached hydrogen (secondary N) is 1. The normalized spacial score (nSPS) is 12.3. The minimum Gasteiger partial charge on any atom is -0.494 e. The Balaban J connectivity index is 1.99. The van der Waals surface area contributed by atoms with Gasteiger partial charge in [0.05, 0.1) is 17.2 Å². The van der Waals surface area contributed by atoms with Gasteiger partial charge in [-0.1, -0.05) is 30.3 Å². The Labute approximate surface area is 242 Å². The molecule has 0 radical (unpaired) electrons. The molecule has 3 rings (SSSR count). The van der Waals surface area contributed by atoms with E-state index in [9.17, 15) is 22.4 Å². The van der Waals surface area contributed by atoms with Crippen molar-refractivity contribution >= 4 is 27.5 Å². The number of hydrogen-bond acceptors (Lipinski definition) is 5. The van der Waals surface area contributed by atoms with Crippen molar-refractivity contribution in [1.29, 1.82) is 0 Å². The number of carbonyl (C=O) groups excluding carboxylic acids is 2. The maximum atomic E-state index is 13.9. The molecule has 0 aliphatic heterocycles. The zero-order chi connectivity index (χ0) is 30.2. The Kier molecular flexibility index (Phi) is 10.5. The highest BCUT2D eigenvalue weighted by Crippen LogP contribution is 2.26. The van der Waals surface area contributed by atoms with Gasteiger partial charge in [-0.3, -0.25) is 13.9 Å². The van der Waals surface area contributed by atoms with E-state index in [4.69, 9.17) is 4.74 Å². The Hall–Kier alpha value is -3.92. The van der Waals surface area contributed by atoms with Gasteiger partial charge in [-0.25, -0.2) is 12.8 Å². The molecule has 0 aliphatic rings. The highest BCUT2D eigenvalue weighted by Gasteiger charge is 2.33. The molecule has 0 aromatic heterocycles. The summed E-state index contributed by atoms with van der Waals surface area (Å²) in [6.07, 6.45) is 0.466. The second-order valence-corrected chi connectivity index (χ2v) is 12.5. The molecule has 2 amide bonds. The minimum atomic E-state index is -4.29. The number of halogens is 1. The molecule has 0 fully saturated rings. The first-order valence-electron chi connectivity index (χ1n) is 13.5. The van der Waals surface area contributed by atoms with Gasteiger partial charge in [0.1, 0.15) is 24.2 Å². The van der Waals surface area contributed by atoms with Crippen molar-refractivity contribution in [3.63, 3.8) is 0 Å². The van der Waals surface area contributed by atoms with Crippen molar-refractivity contribution in [2.75, 3.05) is 24.0 Å². The van der Waals surface area contributed by atoms with Crippen LogP contribution in [-0.4, -0.2) is 56.4 Å². The quantitative estimate of drug-likeness (QED) is 0.331. The fourth-order valence-electron chi connectivity index (χ4n) is 4.18. The standard InChI is InChI=1S/C31H38FN3O5S/c1-6-40-27-16-14-26(15-17-27)35(41(38,39)28-18-12-25(32)13-19-28)22-29(36)34(21-20-24-10-8-7-9-11-24)23(2)30(37)33-31(3,4)5/h7-19,23H,6,20-22H2,1-5H3,(H,33,37). The fourth-order valence-corrected chi connectivity index (χ4v) is 5.60. The van der Waals surface area contributed by atoms with Gasteiger partial charge in [0.25, 0.3) is 10.0 Å². The van der Waals surface area contributed by atoms with Crippen molar-refractivity contribution < 1.29 is 27.1 Å².